The average Bonchev–Trinajstić information content (AvgIpc) is 3.12. The maximum absolute atomic E-state index is 13.6. The van der Waals surface area contributed by atoms with E-state index in [-0.39, 0.29) is 22.5 Å². The van der Waals surface area contributed by atoms with Crippen molar-refractivity contribution in [2.75, 3.05) is 31.1 Å². The first-order chi connectivity index (χ1) is 14.8. The van der Waals surface area contributed by atoms with Gasteiger partial charge in [-0.2, -0.15) is 13.2 Å². The Kier molecular flexibility index (Phi) is 4.47. The molecule has 5 rings (SSSR count). The minimum absolute atomic E-state index is 0.174. The van der Waals surface area contributed by atoms with Gasteiger partial charge in [0.15, 0.2) is 0 Å². The molecule has 1 aliphatic rings. The van der Waals surface area contributed by atoms with Crippen LogP contribution in [0.15, 0.2) is 47.7 Å². The molecule has 0 bridgehead atoms. The Morgan fingerprint density at radius 3 is 2.55 bits per heavy atom. The van der Waals surface area contributed by atoms with Gasteiger partial charge in [0.05, 0.1) is 22.6 Å². The molecule has 0 aromatic carbocycles. The lowest BCUT2D eigenvalue weighted by atomic mass is 10.1. The van der Waals surface area contributed by atoms with E-state index in [1.165, 1.54) is 27.3 Å². The summed E-state index contributed by atoms with van der Waals surface area (Å²) in [5.41, 5.74) is 0.724. The fraction of sp³-hybridized carbons (Fsp3) is 0.286. The summed E-state index contributed by atoms with van der Waals surface area (Å²) in [7, 11) is 0. The summed E-state index contributed by atoms with van der Waals surface area (Å²) in [4.78, 5) is 23.4. The van der Waals surface area contributed by atoms with E-state index in [1.54, 1.807) is 19.2 Å². The van der Waals surface area contributed by atoms with Gasteiger partial charge in [-0.3, -0.25) is 9.20 Å². The van der Waals surface area contributed by atoms with E-state index < -0.39 is 11.7 Å². The second kappa shape index (κ2) is 7.09. The molecule has 160 valence electrons. The standard InChI is InChI=1S/C21H19F3N6O/c1-13-10-29-11-14(8-16(20(29)26-13)21(22,23)24)17-9-19(31)30-12-15(2-3-18(30)27-17)28-6-4-25-5-7-28/h2-3,8-12,25H,4-7H2,1H3. The first-order valence-electron chi connectivity index (χ1n) is 9.86. The number of rotatable bonds is 2. The quantitative estimate of drug-likeness (QED) is 0.532. The maximum atomic E-state index is 13.6. The molecule has 1 aliphatic heterocycles. The van der Waals surface area contributed by atoms with Gasteiger partial charge in [-0.25, -0.2) is 9.97 Å². The van der Waals surface area contributed by atoms with Gasteiger partial charge < -0.3 is 14.6 Å². The van der Waals surface area contributed by atoms with E-state index in [0.717, 1.165) is 37.9 Å². The van der Waals surface area contributed by atoms with Crippen LogP contribution in [0.2, 0.25) is 0 Å². The van der Waals surface area contributed by atoms with E-state index in [4.69, 9.17) is 0 Å². The Bertz CT molecular complexity index is 1350. The number of halogens is 3. The number of aromatic nitrogens is 4. The van der Waals surface area contributed by atoms with Crippen molar-refractivity contribution < 1.29 is 13.2 Å². The third kappa shape index (κ3) is 3.52. The van der Waals surface area contributed by atoms with Crippen molar-refractivity contribution >= 4 is 17.0 Å². The van der Waals surface area contributed by atoms with E-state index in [2.05, 4.69) is 20.2 Å². The van der Waals surface area contributed by atoms with Crippen molar-refractivity contribution in [2.24, 2.45) is 0 Å². The molecular formula is C21H19F3N6O. The molecule has 0 radical (unpaired) electrons. The SMILES string of the molecule is Cc1cn2cc(-c3cc(=O)n4cc(N5CCNCC5)ccc4n3)cc(C(F)(F)F)c2n1. The normalized spacial score (nSPS) is 15.2. The van der Waals surface area contributed by atoms with Gasteiger partial charge in [0.25, 0.3) is 5.56 Å². The minimum atomic E-state index is -4.58. The van der Waals surface area contributed by atoms with Crippen molar-refractivity contribution in [3.8, 4) is 11.3 Å². The summed E-state index contributed by atoms with van der Waals surface area (Å²) in [6.45, 7) is 5.01. The third-order valence-corrected chi connectivity index (χ3v) is 5.40. The first-order valence-corrected chi connectivity index (χ1v) is 9.86. The topological polar surface area (TPSA) is 66.9 Å². The molecule has 0 spiro atoms. The van der Waals surface area contributed by atoms with E-state index in [9.17, 15) is 18.0 Å². The van der Waals surface area contributed by atoms with E-state index in [0.29, 0.717) is 11.3 Å². The number of piperazine rings is 1. The number of hydrogen-bond acceptors (Lipinski definition) is 5. The van der Waals surface area contributed by atoms with Crippen molar-refractivity contribution in [1.29, 1.82) is 0 Å². The molecule has 1 N–H and O–H groups in total. The van der Waals surface area contributed by atoms with Gasteiger partial charge in [-0.05, 0) is 25.1 Å². The molecule has 1 saturated heterocycles. The molecule has 4 aromatic heterocycles. The lowest BCUT2D eigenvalue weighted by Crippen LogP contribution is -2.43. The summed E-state index contributed by atoms with van der Waals surface area (Å²) in [6, 6.07) is 5.85. The van der Waals surface area contributed by atoms with Crippen LogP contribution in [0.3, 0.4) is 0 Å². The van der Waals surface area contributed by atoms with Crippen LogP contribution in [0.4, 0.5) is 18.9 Å². The lowest BCUT2D eigenvalue weighted by molar-refractivity contribution is -0.136. The number of aryl methyl sites for hydroxylation is 1. The predicted molar refractivity (Wildman–Crippen MR) is 110 cm³/mol. The van der Waals surface area contributed by atoms with Gasteiger partial charge in [-0.1, -0.05) is 0 Å². The van der Waals surface area contributed by atoms with Gasteiger partial charge >= 0.3 is 6.18 Å². The fourth-order valence-electron chi connectivity index (χ4n) is 3.92. The summed E-state index contributed by atoms with van der Waals surface area (Å²) in [5, 5.41) is 3.28. The minimum Gasteiger partial charge on any atom is -0.368 e. The van der Waals surface area contributed by atoms with Crippen LogP contribution >= 0.6 is 0 Å². The molecule has 0 aliphatic carbocycles. The molecule has 1 fully saturated rings. The van der Waals surface area contributed by atoms with Crippen LogP contribution in [-0.4, -0.2) is 44.9 Å². The number of anilines is 1. The highest BCUT2D eigenvalue weighted by molar-refractivity contribution is 5.67. The van der Waals surface area contributed by atoms with Crippen LogP contribution in [-0.2, 0) is 6.18 Å². The van der Waals surface area contributed by atoms with Crippen molar-refractivity contribution in [3.63, 3.8) is 0 Å². The number of nitrogens with one attached hydrogen (secondary N) is 1. The second-order valence-electron chi connectivity index (χ2n) is 7.59. The van der Waals surface area contributed by atoms with E-state index in [1.807, 2.05) is 6.07 Å². The van der Waals surface area contributed by atoms with Gasteiger partial charge in [0.2, 0.25) is 0 Å². The van der Waals surface area contributed by atoms with Crippen molar-refractivity contribution in [3.05, 3.63) is 64.5 Å². The Morgan fingerprint density at radius 1 is 1.03 bits per heavy atom. The highest BCUT2D eigenvalue weighted by Gasteiger charge is 2.34. The third-order valence-electron chi connectivity index (χ3n) is 5.40. The van der Waals surface area contributed by atoms with Crippen LogP contribution < -0.4 is 15.8 Å². The van der Waals surface area contributed by atoms with Crippen LogP contribution in [0.5, 0.6) is 0 Å². The second-order valence-corrected chi connectivity index (χ2v) is 7.59. The molecule has 0 saturated carbocycles. The van der Waals surface area contributed by atoms with Crippen LogP contribution in [0, 0.1) is 6.92 Å². The zero-order valence-corrected chi connectivity index (χ0v) is 16.6. The lowest BCUT2D eigenvalue weighted by Gasteiger charge is -2.29. The number of imidazole rings is 1. The Labute approximate surface area is 174 Å². The van der Waals surface area contributed by atoms with E-state index >= 15 is 0 Å². The molecule has 0 unspecified atom stereocenters. The molecular weight excluding hydrogens is 409 g/mol. The number of hydrogen-bond donors (Lipinski definition) is 1. The predicted octanol–water partition coefficient (Wildman–Crippen LogP) is 2.75. The fourth-order valence-corrected chi connectivity index (χ4v) is 3.92. The highest BCUT2D eigenvalue weighted by atomic mass is 19.4. The van der Waals surface area contributed by atoms with Gasteiger partial charge in [-0.15, -0.1) is 0 Å². The maximum Gasteiger partial charge on any atom is 0.420 e. The Balaban J connectivity index is 1.63. The molecule has 31 heavy (non-hydrogen) atoms. The smallest absolute Gasteiger partial charge is 0.368 e. The number of alkyl halides is 3. The van der Waals surface area contributed by atoms with Crippen molar-refractivity contribution in [2.45, 2.75) is 13.1 Å². The Hall–Kier alpha value is -3.40. The molecule has 7 nitrogen and oxygen atoms in total. The molecule has 10 heteroatoms. The molecule has 5 heterocycles. The summed E-state index contributed by atoms with van der Waals surface area (Å²) >= 11 is 0. The van der Waals surface area contributed by atoms with Gasteiger partial charge in [0, 0.05) is 56.4 Å². The van der Waals surface area contributed by atoms with Crippen LogP contribution in [0.25, 0.3) is 22.6 Å². The summed E-state index contributed by atoms with van der Waals surface area (Å²) in [5.74, 6) is 0. The zero-order chi connectivity index (χ0) is 21.8. The number of nitrogens with zero attached hydrogens (tertiary/aromatic N) is 5. The first kappa shape index (κ1) is 19.6. The van der Waals surface area contributed by atoms with Gasteiger partial charge in [0.1, 0.15) is 11.3 Å². The number of pyridine rings is 2. The van der Waals surface area contributed by atoms with Crippen LogP contribution in [0.1, 0.15) is 11.3 Å². The zero-order valence-electron chi connectivity index (χ0n) is 16.6. The molecule has 4 aromatic rings. The Morgan fingerprint density at radius 2 is 1.81 bits per heavy atom. The molecule has 0 amide bonds. The number of fused-ring (bicyclic) bond motifs is 2. The largest absolute Gasteiger partial charge is 0.420 e. The average molecular weight is 428 g/mol. The summed E-state index contributed by atoms with van der Waals surface area (Å²) in [6.07, 6.45) is 0.169. The molecule has 0 atom stereocenters. The van der Waals surface area contributed by atoms with Crippen molar-refractivity contribution in [1.82, 2.24) is 24.1 Å². The monoisotopic (exact) mass is 428 g/mol. The highest BCUT2D eigenvalue weighted by Crippen LogP contribution is 2.34. The summed E-state index contributed by atoms with van der Waals surface area (Å²) < 4.78 is 43.6.